The fourth-order valence-corrected chi connectivity index (χ4v) is 1.34. The van der Waals surface area contributed by atoms with E-state index in [2.05, 4.69) is 10.5 Å². The van der Waals surface area contributed by atoms with Gasteiger partial charge in [0.05, 0.1) is 13.3 Å². The summed E-state index contributed by atoms with van der Waals surface area (Å²) in [5.74, 6) is 0.634. The van der Waals surface area contributed by atoms with E-state index in [9.17, 15) is 0 Å². The van der Waals surface area contributed by atoms with Gasteiger partial charge in [-0.25, -0.2) is 4.98 Å². The number of hydroxylamine groups is 1. The van der Waals surface area contributed by atoms with Gasteiger partial charge >= 0.3 is 0 Å². The van der Waals surface area contributed by atoms with E-state index in [4.69, 9.17) is 9.25 Å². The van der Waals surface area contributed by atoms with Gasteiger partial charge in [0.25, 0.3) is 0 Å². The summed E-state index contributed by atoms with van der Waals surface area (Å²) in [4.78, 5) is 8.88. The zero-order valence-corrected chi connectivity index (χ0v) is 8.43. The molecule has 0 unspecified atom stereocenters. The summed E-state index contributed by atoms with van der Waals surface area (Å²) >= 11 is 0. The van der Waals surface area contributed by atoms with Crippen LogP contribution in [0.1, 0.15) is 5.56 Å². The lowest BCUT2D eigenvalue weighted by Crippen LogP contribution is -2.10. The summed E-state index contributed by atoms with van der Waals surface area (Å²) < 4.78 is 5.22. The Kier molecular flexibility index (Phi) is 3.11. The standard InChI is InChI=1S/C11H12N2O2/c1-14-13-8-9-3-2-4-10(7-9)11-12-5-6-15-11/h2-7,13H,8H2,1H3. The van der Waals surface area contributed by atoms with E-state index >= 15 is 0 Å². The van der Waals surface area contributed by atoms with Gasteiger partial charge in [0.2, 0.25) is 5.89 Å². The molecule has 15 heavy (non-hydrogen) atoms. The molecule has 0 radical (unpaired) electrons. The second kappa shape index (κ2) is 4.72. The second-order valence-corrected chi connectivity index (χ2v) is 3.06. The van der Waals surface area contributed by atoms with Crippen LogP contribution in [0.5, 0.6) is 0 Å². The Balaban J connectivity index is 2.19. The molecule has 2 rings (SSSR count). The van der Waals surface area contributed by atoms with Crippen LogP contribution in [0.3, 0.4) is 0 Å². The highest BCUT2D eigenvalue weighted by Crippen LogP contribution is 2.17. The molecular formula is C11H12N2O2. The Morgan fingerprint density at radius 3 is 3.13 bits per heavy atom. The summed E-state index contributed by atoms with van der Waals surface area (Å²) in [6.07, 6.45) is 3.20. The van der Waals surface area contributed by atoms with Gasteiger partial charge in [-0.05, 0) is 17.7 Å². The van der Waals surface area contributed by atoms with Gasteiger partial charge < -0.3 is 9.25 Å². The van der Waals surface area contributed by atoms with Crippen LogP contribution in [0, 0.1) is 0 Å². The number of hydrogen-bond donors (Lipinski definition) is 1. The van der Waals surface area contributed by atoms with Crippen molar-refractivity contribution in [1.82, 2.24) is 10.5 Å². The molecule has 4 heteroatoms. The summed E-state index contributed by atoms with van der Waals surface area (Å²) in [5, 5.41) is 0. The SMILES string of the molecule is CONCc1cccc(-c2ncco2)c1. The van der Waals surface area contributed by atoms with Crippen molar-refractivity contribution < 1.29 is 9.25 Å². The van der Waals surface area contributed by atoms with E-state index in [0.717, 1.165) is 11.1 Å². The maximum Gasteiger partial charge on any atom is 0.225 e. The largest absolute Gasteiger partial charge is 0.445 e. The first-order valence-corrected chi connectivity index (χ1v) is 4.65. The smallest absolute Gasteiger partial charge is 0.225 e. The Morgan fingerprint density at radius 2 is 2.40 bits per heavy atom. The number of hydrogen-bond acceptors (Lipinski definition) is 4. The molecule has 1 aromatic heterocycles. The van der Waals surface area contributed by atoms with Crippen LogP contribution >= 0.6 is 0 Å². The fraction of sp³-hybridized carbons (Fsp3) is 0.182. The molecule has 0 aliphatic carbocycles. The fourth-order valence-electron chi connectivity index (χ4n) is 1.34. The van der Waals surface area contributed by atoms with Crippen LogP contribution < -0.4 is 5.48 Å². The van der Waals surface area contributed by atoms with Crippen molar-refractivity contribution in [2.24, 2.45) is 0 Å². The minimum absolute atomic E-state index is 0.634. The molecule has 0 spiro atoms. The van der Waals surface area contributed by atoms with Gasteiger partial charge in [-0.3, -0.25) is 0 Å². The van der Waals surface area contributed by atoms with E-state index in [0.29, 0.717) is 12.4 Å². The Bertz CT molecular complexity index is 412. The molecule has 0 saturated carbocycles. The highest BCUT2D eigenvalue weighted by molar-refractivity contribution is 5.53. The molecule has 0 bridgehead atoms. The molecule has 0 aliphatic heterocycles. The van der Waals surface area contributed by atoms with Crippen LogP contribution in [-0.4, -0.2) is 12.1 Å². The first kappa shape index (κ1) is 9.89. The lowest BCUT2D eigenvalue weighted by molar-refractivity contribution is 0.0867. The van der Waals surface area contributed by atoms with Crippen LogP contribution in [0.15, 0.2) is 41.1 Å². The van der Waals surface area contributed by atoms with Crippen LogP contribution in [0.4, 0.5) is 0 Å². The third-order valence-corrected chi connectivity index (χ3v) is 2.03. The van der Waals surface area contributed by atoms with Gasteiger partial charge in [0.15, 0.2) is 0 Å². The molecule has 0 saturated heterocycles. The molecule has 0 fully saturated rings. The lowest BCUT2D eigenvalue weighted by atomic mass is 10.1. The number of aromatic nitrogens is 1. The van der Waals surface area contributed by atoms with E-state index in [1.807, 2.05) is 24.3 Å². The number of benzene rings is 1. The van der Waals surface area contributed by atoms with Crippen LogP contribution in [0.2, 0.25) is 0 Å². The van der Waals surface area contributed by atoms with Gasteiger partial charge in [0.1, 0.15) is 6.26 Å². The molecule has 78 valence electrons. The van der Waals surface area contributed by atoms with Gasteiger partial charge in [-0.15, -0.1) is 0 Å². The topological polar surface area (TPSA) is 47.3 Å². The third-order valence-electron chi connectivity index (χ3n) is 2.03. The predicted octanol–water partition coefficient (Wildman–Crippen LogP) is 1.99. The summed E-state index contributed by atoms with van der Waals surface area (Å²) in [6, 6.07) is 7.95. The van der Waals surface area contributed by atoms with Crippen molar-refractivity contribution in [3.63, 3.8) is 0 Å². The molecule has 0 amide bonds. The van der Waals surface area contributed by atoms with Crippen LogP contribution in [-0.2, 0) is 11.4 Å². The van der Waals surface area contributed by atoms with E-state index in [1.54, 1.807) is 19.6 Å². The minimum Gasteiger partial charge on any atom is -0.445 e. The second-order valence-electron chi connectivity index (χ2n) is 3.06. The molecule has 2 aromatic rings. The molecular weight excluding hydrogens is 192 g/mol. The summed E-state index contributed by atoms with van der Waals surface area (Å²) in [7, 11) is 1.60. The molecule has 1 N–H and O–H groups in total. The number of nitrogens with zero attached hydrogens (tertiary/aromatic N) is 1. The summed E-state index contributed by atoms with van der Waals surface area (Å²) in [6.45, 7) is 0.658. The third kappa shape index (κ3) is 2.43. The van der Waals surface area contributed by atoms with E-state index in [-0.39, 0.29) is 0 Å². The zero-order valence-electron chi connectivity index (χ0n) is 8.43. The highest BCUT2D eigenvalue weighted by atomic mass is 16.6. The van der Waals surface area contributed by atoms with Crippen molar-refractivity contribution in [2.45, 2.75) is 6.54 Å². The lowest BCUT2D eigenvalue weighted by Gasteiger charge is -2.03. The van der Waals surface area contributed by atoms with Gasteiger partial charge in [-0.2, -0.15) is 5.48 Å². The van der Waals surface area contributed by atoms with Crippen LogP contribution in [0.25, 0.3) is 11.5 Å². The average molecular weight is 204 g/mol. The highest BCUT2D eigenvalue weighted by Gasteiger charge is 2.02. The normalized spacial score (nSPS) is 10.5. The molecule has 4 nitrogen and oxygen atoms in total. The summed E-state index contributed by atoms with van der Waals surface area (Å²) in [5.41, 5.74) is 4.87. The first-order chi connectivity index (χ1) is 7.40. The van der Waals surface area contributed by atoms with Crippen molar-refractivity contribution in [1.29, 1.82) is 0 Å². The molecule has 0 atom stereocenters. The maximum absolute atomic E-state index is 5.22. The minimum atomic E-state index is 0.634. The molecule has 1 aromatic carbocycles. The van der Waals surface area contributed by atoms with Gasteiger partial charge in [0, 0.05) is 12.1 Å². The Hall–Kier alpha value is -1.65. The monoisotopic (exact) mass is 204 g/mol. The Morgan fingerprint density at radius 1 is 1.47 bits per heavy atom. The molecule has 1 heterocycles. The van der Waals surface area contributed by atoms with E-state index in [1.165, 1.54) is 0 Å². The number of rotatable bonds is 4. The maximum atomic E-state index is 5.22. The van der Waals surface area contributed by atoms with E-state index < -0.39 is 0 Å². The average Bonchev–Trinajstić information content (AvgIpc) is 2.80. The van der Waals surface area contributed by atoms with Crippen molar-refractivity contribution in [3.05, 3.63) is 42.3 Å². The number of nitrogens with one attached hydrogen (secondary N) is 1. The quantitative estimate of drug-likeness (QED) is 0.774. The van der Waals surface area contributed by atoms with Crippen molar-refractivity contribution in [3.8, 4) is 11.5 Å². The van der Waals surface area contributed by atoms with Gasteiger partial charge in [-0.1, -0.05) is 12.1 Å². The van der Waals surface area contributed by atoms with Crippen molar-refractivity contribution >= 4 is 0 Å². The molecule has 0 aliphatic rings. The first-order valence-electron chi connectivity index (χ1n) is 4.65. The Labute approximate surface area is 87.8 Å². The zero-order chi connectivity index (χ0) is 10.5. The van der Waals surface area contributed by atoms with Crippen molar-refractivity contribution in [2.75, 3.05) is 7.11 Å². The number of oxazole rings is 1. The predicted molar refractivity (Wildman–Crippen MR) is 55.8 cm³/mol.